The van der Waals surface area contributed by atoms with Crippen LogP contribution < -0.4 is 5.32 Å². The SMILES string of the molecule is Cc1csc(CCNc2ncc(Br)cc2C(F)(F)F)n1. The summed E-state index contributed by atoms with van der Waals surface area (Å²) in [6.07, 6.45) is -2.53. The number of hydrogen-bond acceptors (Lipinski definition) is 4. The molecule has 2 rings (SSSR count). The van der Waals surface area contributed by atoms with Crippen molar-refractivity contribution in [2.75, 3.05) is 11.9 Å². The molecule has 2 aromatic heterocycles. The summed E-state index contributed by atoms with van der Waals surface area (Å²) in [6.45, 7) is 2.23. The van der Waals surface area contributed by atoms with Crippen molar-refractivity contribution >= 4 is 33.1 Å². The molecule has 0 saturated heterocycles. The first-order valence-corrected chi connectivity index (χ1v) is 7.41. The maximum Gasteiger partial charge on any atom is 0.419 e. The van der Waals surface area contributed by atoms with Crippen LogP contribution in [-0.2, 0) is 12.6 Å². The molecule has 8 heteroatoms. The number of aryl methyl sites for hydroxylation is 1. The van der Waals surface area contributed by atoms with Gasteiger partial charge in [-0.15, -0.1) is 11.3 Å². The Morgan fingerprint density at radius 3 is 2.75 bits per heavy atom. The predicted molar refractivity (Wildman–Crippen MR) is 76.0 cm³/mol. The van der Waals surface area contributed by atoms with E-state index in [2.05, 4.69) is 31.2 Å². The van der Waals surface area contributed by atoms with Crippen LogP contribution in [0, 0.1) is 6.92 Å². The van der Waals surface area contributed by atoms with Crippen LogP contribution >= 0.6 is 27.3 Å². The Morgan fingerprint density at radius 2 is 2.15 bits per heavy atom. The standard InChI is InChI=1S/C12H11BrF3N3S/c1-7-6-20-10(19-7)2-3-17-11-9(12(14,15)16)4-8(13)5-18-11/h4-6H,2-3H2,1H3,(H,17,18). The van der Waals surface area contributed by atoms with Crippen molar-refractivity contribution in [1.29, 1.82) is 0 Å². The highest BCUT2D eigenvalue weighted by molar-refractivity contribution is 9.10. The zero-order valence-electron chi connectivity index (χ0n) is 10.5. The fourth-order valence-electron chi connectivity index (χ4n) is 1.60. The summed E-state index contributed by atoms with van der Waals surface area (Å²) in [5, 5.41) is 5.52. The average Bonchev–Trinajstić information content (AvgIpc) is 2.76. The number of alkyl halides is 3. The van der Waals surface area contributed by atoms with Crippen LogP contribution in [0.15, 0.2) is 22.1 Å². The van der Waals surface area contributed by atoms with Crippen LogP contribution in [0.25, 0.3) is 0 Å². The van der Waals surface area contributed by atoms with Crippen LogP contribution in [-0.4, -0.2) is 16.5 Å². The van der Waals surface area contributed by atoms with Gasteiger partial charge in [-0.1, -0.05) is 0 Å². The molecule has 0 amide bonds. The summed E-state index contributed by atoms with van der Waals surface area (Å²) in [4.78, 5) is 8.04. The number of pyridine rings is 1. The van der Waals surface area contributed by atoms with Gasteiger partial charge >= 0.3 is 6.18 Å². The molecule has 2 aromatic rings. The summed E-state index contributed by atoms with van der Waals surface area (Å²) in [5.74, 6) is -0.158. The van der Waals surface area contributed by atoms with Gasteiger partial charge in [0.05, 0.1) is 10.6 Å². The summed E-state index contributed by atoms with van der Waals surface area (Å²) in [6, 6.07) is 1.02. The lowest BCUT2D eigenvalue weighted by Crippen LogP contribution is -2.14. The van der Waals surface area contributed by atoms with Gasteiger partial charge in [0, 0.05) is 34.7 Å². The number of halogens is 4. The van der Waals surface area contributed by atoms with Crippen molar-refractivity contribution in [3.63, 3.8) is 0 Å². The molecule has 2 heterocycles. The molecule has 1 N–H and O–H groups in total. The maximum absolute atomic E-state index is 12.9. The number of rotatable bonds is 4. The normalized spacial score (nSPS) is 11.7. The predicted octanol–water partition coefficient (Wildman–Crippen LogP) is 4.28. The lowest BCUT2D eigenvalue weighted by Gasteiger charge is -2.13. The molecule has 0 unspecified atom stereocenters. The molecule has 0 aromatic carbocycles. The van der Waals surface area contributed by atoms with Crippen LogP contribution in [0.4, 0.5) is 19.0 Å². The minimum absolute atomic E-state index is 0.158. The molecule has 3 nitrogen and oxygen atoms in total. The second-order valence-electron chi connectivity index (χ2n) is 4.11. The number of hydrogen-bond donors (Lipinski definition) is 1. The Labute approximate surface area is 126 Å². The van der Waals surface area contributed by atoms with E-state index in [1.807, 2.05) is 12.3 Å². The number of nitrogens with zero attached hydrogens (tertiary/aromatic N) is 2. The van der Waals surface area contributed by atoms with Gasteiger partial charge in [0.2, 0.25) is 0 Å². The first-order chi connectivity index (χ1) is 9.36. The van der Waals surface area contributed by atoms with Gasteiger partial charge in [-0.25, -0.2) is 9.97 Å². The minimum Gasteiger partial charge on any atom is -0.369 e. The smallest absolute Gasteiger partial charge is 0.369 e. The van der Waals surface area contributed by atoms with Crippen LogP contribution in [0.3, 0.4) is 0 Å². The minimum atomic E-state index is -4.43. The lowest BCUT2D eigenvalue weighted by molar-refractivity contribution is -0.137. The number of anilines is 1. The molecule has 0 fully saturated rings. The van der Waals surface area contributed by atoms with Crippen molar-refractivity contribution in [3.05, 3.63) is 38.4 Å². The molecule has 0 radical (unpaired) electrons. The lowest BCUT2D eigenvalue weighted by atomic mass is 10.2. The molecule has 108 valence electrons. The number of aromatic nitrogens is 2. The summed E-state index contributed by atoms with van der Waals surface area (Å²) in [5.41, 5.74) is 0.143. The monoisotopic (exact) mass is 365 g/mol. The van der Waals surface area contributed by atoms with Gasteiger partial charge in [-0.05, 0) is 28.9 Å². The summed E-state index contributed by atoms with van der Waals surface area (Å²) in [7, 11) is 0. The highest BCUT2D eigenvalue weighted by Gasteiger charge is 2.34. The Hall–Kier alpha value is -1.15. The molecular formula is C12H11BrF3N3S. The van der Waals surface area contributed by atoms with Crippen molar-refractivity contribution in [2.24, 2.45) is 0 Å². The Balaban J connectivity index is 2.06. The molecule has 0 aliphatic rings. The molecular weight excluding hydrogens is 355 g/mol. The highest BCUT2D eigenvalue weighted by atomic mass is 79.9. The van der Waals surface area contributed by atoms with E-state index in [1.54, 1.807) is 0 Å². The van der Waals surface area contributed by atoms with Crippen LogP contribution in [0.2, 0.25) is 0 Å². The molecule has 0 aliphatic carbocycles. The third-order valence-corrected chi connectivity index (χ3v) is 3.92. The van der Waals surface area contributed by atoms with E-state index in [0.29, 0.717) is 17.4 Å². The fourth-order valence-corrected chi connectivity index (χ4v) is 2.71. The van der Waals surface area contributed by atoms with Gasteiger partial charge < -0.3 is 5.32 Å². The van der Waals surface area contributed by atoms with Crippen molar-refractivity contribution in [2.45, 2.75) is 19.5 Å². The zero-order chi connectivity index (χ0) is 14.8. The van der Waals surface area contributed by atoms with E-state index in [0.717, 1.165) is 16.8 Å². The zero-order valence-corrected chi connectivity index (χ0v) is 12.9. The Morgan fingerprint density at radius 1 is 1.40 bits per heavy atom. The first kappa shape index (κ1) is 15.2. The number of thiazole rings is 1. The largest absolute Gasteiger partial charge is 0.419 e. The van der Waals surface area contributed by atoms with Gasteiger partial charge in [-0.3, -0.25) is 0 Å². The fraction of sp³-hybridized carbons (Fsp3) is 0.333. The van der Waals surface area contributed by atoms with E-state index in [1.165, 1.54) is 17.5 Å². The second kappa shape index (κ2) is 6.09. The summed E-state index contributed by atoms with van der Waals surface area (Å²) < 4.78 is 38.9. The first-order valence-electron chi connectivity index (χ1n) is 5.74. The van der Waals surface area contributed by atoms with Crippen molar-refractivity contribution in [1.82, 2.24) is 9.97 Å². The maximum atomic E-state index is 12.9. The van der Waals surface area contributed by atoms with E-state index < -0.39 is 11.7 Å². The van der Waals surface area contributed by atoms with E-state index in [-0.39, 0.29) is 5.82 Å². The molecule has 0 aliphatic heterocycles. The van der Waals surface area contributed by atoms with Crippen LogP contribution in [0.1, 0.15) is 16.3 Å². The molecule has 0 saturated carbocycles. The molecule has 0 bridgehead atoms. The van der Waals surface area contributed by atoms with Crippen molar-refractivity contribution in [3.8, 4) is 0 Å². The number of nitrogens with one attached hydrogen (secondary N) is 1. The van der Waals surface area contributed by atoms with E-state index >= 15 is 0 Å². The van der Waals surface area contributed by atoms with Crippen molar-refractivity contribution < 1.29 is 13.2 Å². The van der Waals surface area contributed by atoms with Gasteiger partial charge in [0.25, 0.3) is 0 Å². The quantitative estimate of drug-likeness (QED) is 0.878. The third-order valence-electron chi connectivity index (χ3n) is 2.46. The molecule has 0 spiro atoms. The van der Waals surface area contributed by atoms with E-state index in [9.17, 15) is 13.2 Å². The Kier molecular flexibility index (Phi) is 4.64. The molecule has 0 atom stereocenters. The van der Waals surface area contributed by atoms with E-state index in [4.69, 9.17) is 0 Å². The Bertz CT molecular complexity index is 598. The highest BCUT2D eigenvalue weighted by Crippen LogP contribution is 2.35. The van der Waals surface area contributed by atoms with Gasteiger partial charge in [0.1, 0.15) is 5.82 Å². The third kappa shape index (κ3) is 3.92. The average molecular weight is 366 g/mol. The molecule has 20 heavy (non-hydrogen) atoms. The van der Waals surface area contributed by atoms with Gasteiger partial charge in [-0.2, -0.15) is 13.2 Å². The van der Waals surface area contributed by atoms with Gasteiger partial charge in [0.15, 0.2) is 0 Å². The summed E-state index contributed by atoms with van der Waals surface area (Å²) >= 11 is 4.49. The topological polar surface area (TPSA) is 37.8 Å². The van der Waals surface area contributed by atoms with Crippen LogP contribution in [0.5, 0.6) is 0 Å². The second-order valence-corrected chi connectivity index (χ2v) is 5.97.